The van der Waals surface area contributed by atoms with Gasteiger partial charge in [0, 0.05) is 24.2 Å². The Morgan fingerprint density at radius 2 is 1.23 bits per heavy atom. The SMILES string of the molecule is Cc1ccc2c(c1)C1(CCN(c3ccccc3)CC1)c1cc(C)ccc1-2. The lowest BCUT2D eigenvalue weighted by Crippen LogP contribution is -2.42. The van der Waals surface area contributed by atoms with Gasteiger partial charge in [-0.25, -0.2) is 0 Å². The van der Waals surface area contributed by atoms with Gasteiger partial charge in [-0.05, 0) is 61.1 Å². The summed E-state index contributed by atoms with van der Waals surface area (Å²) in [5.74, 6) is 0. The highest BCUT2D eigenvalue weighted by atomic mass is 15.1. The Balaban J connectivity index is 1.59. The van der Waals surface area contributed by atoms with Crippen molar-refractivity contribution in [1.82, 2.24) is 0 Å². The molecule has 130 valence electrons. The first-order valence-electron chi connectivity index (χ1n) is 9.70. The second-order valence-corrected chi connectivity index (χ2v) is 8.00. The van der Waals surface area contributed by atoms with Gasteiger partial charge in [-0.2, -0.15) is 0 Å². The normalized spacial score (nSPS) is 17.2. The number of fused-ring (bicyclic) bond motifs is 5. The van der Waals surface area contributed by atoms with Gasteiger partial charge >= 0.3 is 0 Å². The van der Waals surface area contributed by atoms with Gasteiger partial charge in [0.05, 0.1) is 0 Å². The van der Waals surface area contributed by atoms with E-state index in [1.807, 2.05) is 0 Å². The van der Waals surface area contributed by atoms with Crippen molar-refractivity contribution in [3.05, 3.63) is 89.0 Å². The maximum absolute atomic E-state index is 2.55. The Kier molecular flexibility index (Phi) is 3.46. The van der Waals surface area contributed by atoms with Crippen molar-refractivity contribution in [3.63, 3.8) is 0 Å². The molecule has 0 atom stereocenters. The molecule has 0 bridgehead atoms. The van der Waals surface area contributed by atoms with E-state index in [1.165, 1.54) is 40.8 Å². The molecule has 0 unspecified atom stereocenters. The van der Waals surface area contributed by atoms with E-state index in [0.717, 1.165) is 13.1 Å². The van der Waals surface area contributed by atoms with Crippen LogP contribution in [0.5, 0.6) is 0 Å². The number of anilines is 1. The molecule has 5 rings (SSSR count). The Labute approximate surface area is 156 Å². The smallest absolute Gasteiger partial charge is 0.0366 e. The standard InChI is InChI=1S/C25H25N/c1-18-8-10-21-22-11-9-19(2)17-24(22)25(23(21)16-18)12-14-26(15-13-25)20-6-4-3-5-7-20/h3-11,16-17H,12-15H2,1-2H3. The van der Waals surface area contributed by atoms with Crippen molar-refractivity contribution < 1.29 is 0 Å². The molecular weight excluding hydrogens is 314 g/mol. The average Bonchev–Trinajstić information content (AvgIpc) is 2.92. The molecule has 1 saturated heterocycles. The summed E-state index contributed by atoms with van der Waals surface area (Å²) < 4.78 is 0. The molecule has 3 aromatic rings. The minimum Gasteiger partial charge on any atom is -0.371 e. The second kappa shape index (κ2) is 5.74. The summed E-state index contributed by atoms with van der Waals surface area (Å²) in [4.78, 5) is 2.55. The van der Waals surface area contributed by atoms with Gasteiger partial charge in [-0.3, -0.25) is 0 Å². The summed E-state index contributed by atoms with van der Waals surface area (Å²) >= 11 is 0. The number of hydrogen-bond donors (Lipinski definition) is 0. The first-order chi connectivity index (χ1) is 12.7. The minimum atomic E-state index is 0.188. The lowest BCUT2D eigenvalue weighted by molar-refractivity contribution is 0.400. The van der Waals surface area contributed by atoms with Gasteiger partial charge in [0.1, 0.15) is 0 Å². The second-order valence-electron chi connectivity index (χ2n) is 8.00. The van der Waals surface area contributed by atoms with Crippen molar-refractivity contribution in [2.75, 3.05) is 18.0 Å². The molecule has 1 aliphatic heterocycles. The molecule has 0 amide bonds. The number of rotatable bonds is 1. The van der Waals surface area contributed by atoms with E-state index in [4.69, 9.17) is 0 Å². The largest absolute Gasteiger partial charge is 0.371 e. The van der Waals surface area contributed by atoms with Crippen LogP contribution < -0.4 is 4.90 Å². The van der Waals surface area contributed by atoms with Crippen molar-refractivity contribution in [1.29, 1.82) is 0 Å². The number of nitrogens with zero attached hydrogens (tertiary/aromatic N) is 1. The fraction of sp³-hybridized carbons (Fsp3) is 0.280. The van der Waals surface area contributed by atoms with Crippen molar-refractivity contribution in [2.45, 2.75) is 32.1 Å². The van der Waals surface area contributed by atoms with Crippen LogP contribution in [0.4, 0.5) is 5.69 Å². The highest BCUT2D eigenvalue weighted by Crippen LogP contribution is 2.54. The molecule has 3 aromatic carbocycles. The summed E-state index contributed by atoms with van der Waals surface area (Å²) in [7, 11) is 0. The van der Waals surface area contributed by atoms with Crippen LogP contribution in [0.3, 0.4) is 0 Å². The van der Waals surface area contributed by atoms with Crippen LogP contribution in [0.15, 0.2) is 66.7 Å². The Morgan fingerprint density at radius 1 is 0.692 bits per heavy atom. The highest BCUT2D eigenvalue weighted by molar-refractivity contribution is 5.82. The minimum absolute atomic E-state index is 0.188. The molecule has 0 saturated carbocycles. The quantitative estimate of drug-likeness (QED) is 0.536. The van der Waals surface area contributed by atoms with Crippen LogP contribution in [0.25, 0.3) is 11.1 Å². The number of para-hydroxylation sites is 1. The summed E-state index contributed by atoms with van der Waals surface area (Å²) in [5.41, 5.74) is 10.3. The lowest BCUT2D eigenvalue weighted by Gasteiger charge is -2.42. The zero-order valence-electron chi connectivity index (χ0n) is 15.6. The Bertz CT molecular complexity index is 909. The third-order valence-corrected chi connectivity index (χ3v) is 6.41. The number of piperidine rings is 1. The molecule has 0 N–H and O–H groups in total. The van der Waals surface area contributed by atoms with Gasteiger partial charge < -0.3 is 4.90 Å². The van der Waals surface area contributed by atoms with E-state index in [9.17, 15) is 0 Å². The van der Waals surface area contributed by atoms with Crippen molar-refractivity contribution >= 4 is 5.69 Å². The van der Waals surface area contributed by atoms with Gasteiger partial charge in [-0.1, -0.05) is 65.7 Å². The molecule has 2 aliphatic rings. The van der Waals surface area contributed by atoms with Crippen LogP contribution in [-0.2, 0) is 5.41 Å². The number of benzene rings is 3. The van der Waals surface area contributed by atoms with Crippen LogP contribution in [-0.4, -0.2) is 13.1 Å². The predicted octanol–water partition coefficient (Wildman–Crippen LogP) is 5.87. The van der Waals surface area contributed by atoms with Gasteiger partial charge in [-0.15, -0.1) is 0 Å². The first kappa shape index (κ1) is 15.7. The van der Waals surface area contributed by atoms with E-state index in [-0.39, 0.29) is 5.41 Å². The third-order valence-electron chi connectivity index (χ3n) is 6.41. The van der Waals surface area contributed by atoms with Crippen molar-refractivity contribution in [2.24, 2.45) is 0 Å². The molecule has 0 aromatic heterocycles. The predicted molar refractivity (Wildman–Crippen MR) is 110 cm³/mol. The van der Waals surface area contributed by atoms with Crippen LogP contribution in [0, 0.1) is 13.8 Å². The highest BCUT2D eigenvalue weighted by Gasteiger charge is 2.45. The topological polar surface area (TPSA) is 3.24 Å². The summed E-state index contributed by atoms with van der Waals surface area (Å²) in [6.45, 7) is 6.68. The molecule has 1 aliphatic carbocycles. The number of hydrogen-bond acceptors (Lipinski definition) is 1. The molecule has 1 spiro atoms. The monoisotopic (exact) mass is 339 g/mol. The number of aryl methyl sites for hydroxylation is 2. The fourth-order valence-electron chi connectivity index (χ4n) is 5.05. The maximum Gasteiger partial charge on any atom is 0.0366 e. The van der Waals surface area contributed by atoms with E-state index in [1.54, 1.807) is 11.1 Å². The Hall–Kier alpha value is -2.54. The Morgan fingerprint density at radius 3 is 1.77 bits per heavy atom. The molecular formula is C25H25N. The van der Waals surface area contributed by atoms with Crippen LogP contribution in [0.2, 0.25) is 0 Å². The summed E-state index contributed by atoms with van der Waals surface area (Å²) in [6, 6.07) is 25.0. The molecule has 1 heterocycles. The maximum atomic E-state index is 2.55. The third kappa shape index (κ3) is 2.23. The van der Waals surface area contributed by atoms with E-state index in [2.05, 4.69) is 85.5 Å². The molecule has 1 fully saturated rings. The lowest BCUT2D eigenvalue weighted by atomic mass is 9.70. The van der Waals surface area contributed by atoms with Gasteiger partial charge in [0.2, 0.25) is 0 Å². The summed E-state index contributed by atoms with van der Waals surface area (Å²) in [5, 5.41) is 0. The van der Waals surface area contributed by atoms with Gasteiger partial charge in [0.15, 0.2) is 0 Å². The molecule has 1 heteroatoms. The van der Waals surface area contributed by atoms with E-state index >= 15 is 0 Å². The molecule has 0 radical (unpaired) electrons. The molecule has 1 nitrogen and oxygen atoms in total. The van der Waals surface area contributed by atoms with Crippen molar-refractivity contribution in [3.8, 4) is 11.1 Å². The fourth-order valence-corrected chi connectivity index (χ4v) is 5.05. The first-order valence-corrected chi connectivity index (χ1v) is 9.70. The van der Waals surface area contributed by atoms with E-state index < -0.39 is 0 Å². The zero-order valence-corrected chi connectivity index (χ0v) is 15.6. The van der Waals surface area contributed by atoms with E-state index in [0.29, 0.717) is 0 Å². The molecule has 26 heavy (non-hydrogen) atoms. The summed E-state index contributed by atoms with van der Waals surface area (Å²) in [6.07, 6.45) is 2.38. The zero-order chi connectivity index (χ0) is 17.7. The van der Waals surface area contributed by atoms with Gasteiger partial charge in [0.25, 0.3) is 0 Å². The van der Waals surface area contributed by atoms with Crippen LogP contribution >= 0.6 is 0 Å². The average molecular weight is 339 g/mol. The van der Waals surface area contributed by atoms with Crippen LogP contribution in [0.1, 0.15) is 35.1 Å².